The second kappa shape index (κ2) is 5.16. The molecule has 0 saturated carbocycles. The smallest absolute Gasteiger partial charge is 0.145 e. The fourth-order valence-corrected chi connectivity index (χ4v) is 2.29. The minimum Gasteiger partial charge on any atom is -0.321 e. The van der Waals surface area contributed by atoms with Gasteiger partial charge in [0, 0.05) is 25.9 Å². The van der Waals surface area contributed by atoms with Crippen LogP contribution in [0.25, 0.3) is 0 Å². The molecule has 0 spiro atoms. The van der Waals surface area contributed by atoms with Crippen molar-refractivity contribution in [3.8, 4) is 0 Å². The van der Waals surface area contributed by atoms with E-state index in [9.17, 15) is 0 Å². The summed E-state index contributed by atoms with van der Waals surface area (Å²) in [6, 6.07) is -0.225. The Balaban J connectivity index is 2.21. The highest BCUT2D eigenvalue weighted by Gasteiger charge is 2.16. The van der Waals surface area contributed by atoms with Crippen molar-refractivity contribution in [1.82, 2.24) is 19.7 Å². The van der Waals surface area contributed by atoms with Crippen molar-refractivity contribution in [3.63, 3.8) is 0 Å². The number of halogens is 1. The van der Waals surface area contributed by atoms with Crippen LogP contribution in [0.3, 0.4) is 0 Å². The molecule has 0 saturated heterocycles. The van der Waals surface area contributed by atoms with Gasteiger partial charge in [-0.25, -0.2) is 9.97 Å². The highest BCUT2D eigenvalue weighted by atomic mass is 79.9. The summed E-state index contributed by atoms with van der Waals surface area (Å²) in [5, 5.41) is 4.34. The van der Waals surface area contributed by atoms with E-state index in [1.807, 2.05) is 25.6 Å². The van der Waals surface area contributed by atoms with Crippen LogP contribution in [0, 0.1) is 13.8 Å². The zero-order valence-electron chi connectivity index (χ0n) is 10.7. The standard InChI is InChI=1S/C12H16BrN5/c1-7-5-15-12(16-6-7)9(14)4-10-11(13)8(2)17-18(10)3/h5-6,9H,4,14H2,1-3H3. The van der Waals surface area contributed by atoms with Crippen LogP contribution in [0.5, 0.6) is 0 Å². The molecule has 2 heterocycles. The van der Waals surface area contributed by atoms with E-state index in [0.29, 0.717) is 12.2 Å². The van der Waals surface area contributed by atoms with Gasteiger partial charge >= 0.3 is 0 Å². The van der Waals surface area contributed by atoms with Gasteiger partial charge < -0.3 is 5.73 Å². The number of nitrogens with two attached hydrogens (primary N) is 1. The molecule has 1 atom stereocenters. The predicted molar refractivity (Wildman–Crippen MR) is 73.0 cm³/mol. The second-order valence-corrected chi connectivity index (χ2v) is 5.19. The average Bonchev–Trinajstić information content (AvgIpc) is 2.57. The third-order valence-corrected chi connectivity index (χ3v) is 3.84. The molecule has 0 aliphatic carbocycles. The highest BCUT2D eigenvalue weighted by molar-refractivity contribution is 9.10. The summed E-state index contributed by atoms with van der Waals surface area (Å²) in [5.74, 6) is 0.659. The molecule has 2 aromatic heterocycles. The molecule has 2 N–H and O–H groups in total. The Kier molecular flexibility index (Phi) is 3.77. The molecule has 2 aromatic rings. The molecular formula is C12H16BrN5. The Hall–Kier alpha value is -1.27. The molecule has 0 aromatic carbocycles. The molecule has 96 valence electrons. The maximum Gasteiger partial charge on any atom is 0.145 e. The van der Waals surface area contributed by atoms with E-state index in [0.717, 1.165) is 21.4 Å². The van der Waals surface area contributed by atoms with Crippen molar-refractivity contribution >= 4 is 15.9 Å². The molecule has 5 nitrogen and oxygen atoms in total. The predicted octanol–water partition coefficient (Wildman–Crippen LogP) is 1.83. The van der Waals surface area contributed by atoms with Gasteiger partial charge in [0.05, 0.1) is 21.9 Å². The Bertz CT molecular complexity index is 546. The summed E-state index contributed by atoms with van der Waals surface area (Å²) >= 11 is 3.53. The van der Waals surface area contributed by atoms with Crippen LogP contribution < -0.4 is 5.73 Å². The van der Waals surface area contributed by atoms with Gasteiger partial charge in [-0.15, -0.1) is 0 Å². The molecule has 6 heteroatoms. The maximum absolute atomic E-state index is 6.14. The van der Waals surface area contributed by atoms with Crippen molar-refractivity contribution in [2.24, 2.45) is 12.8 Å². The largest absolute Gasteiger partial charge is 0.321 e. The topological polar surface area (TPSA) is 69.6 Å². The first-order chi connectivity index (χ1) is 8.49. The Morgan fingerprint density at radius 2 is 1.94 bits per heavy atom. The van der Waals surface area contributed by atoms with E-state index in [-0.39, 0.29) is 6.04 Å². The number of aryl methyl sites for hydroxylation is 3. The van der Waals surface area contributed by atoms with Crippen molar-refractivity contribution in [1.29, 1.82) is 0 Å². The van der Waals surface area contributed by atoms with Crippen LogP contribution in [0.2, 0.25) is 0 Å². The minimum absolute atomic E-state index is 0.225. The monoisotopic (exact) mass is 309 g/mol. The SMILES string of the molecule is Cc1cnc(C(N)Cc2c(Br)c(C)nn2C)nc1. The van der Waals surface area contributed by atoms with Gasteiger partial charge in [-0.1, -0.05) is 0 Å². The number of aromatic nitrogens is 4. The van der Waals surface area contributed by atoms with Crippen LogP contribution >= 0.6 is 15.9 Å². The fourth-order valence-electron chi connectivity index (χ4n) is 1.80. The molecule has 0 amide bonds. The lowest BCUT2D eigenvalue weighted by Gasteiger charge is -2.11. The summed E-state index contributed by atoms with van der Waals surface area (Å²) in [5.41, 5.74) is 9.19. The van der Waals surface area contributed by atoms with Crippen molar-refractivity contribution in [3.05, 3.63) is 39.6 Å². The third-order valence-electron chi connectivity index (χ3n) is 2.81. The van der Waals surface area contributed by atoms with Crippen LogP contribution in [0.15, 0.2) is 16.9 Å². The first-order valence-corrected chi connectivity index (χ1v) is 6.50. The first kappa shape index (κ1) is 13.2. The summed E-state index contributed by atoms with van der Waals surface area (Å²) in [6.45, 7) is 3.91. The quantitative estimate of drug-likeness (QED) is 0.939. The summed E-state index contributed by atoms with van der Waals surface area (Å²) < 4.78 is 2.85. The third kappa shape index (κ3) is 2.59. The molecule has 0 bridgehead atoms. The van der Waals surface area contributed by atoms with Crippen molar-refractivity contribution in [2.45, 2.75) is 26.3 Å². The van der Waals surface area contributed by atoms with Gasteiger partial charge in [0.1, 0.15) is 5.82 Å². The van der Waals surface area contributed by atoms with E-state index >= 15 is 0 Å². The molecule has 0 aliphatic heterocycles. The van der Waals surface area contributed by atoms with Crippen LogP contribution in [0.1, 0.15) is 28.8 Å². The van der Waals surface area contributed by atoms with Gasteiger partial charge in [-0.05, 0) is 35.3 Å². The maximum atomic E-state index is 6.14. The zero-order valence-corrected chi connectivity index (χ0v) is 12.3. The summed E-state index contributed by atoms with van der Waals surface area (Å²) in [6.07, 6.45) is 4.22. The Morgan fingerprint density at radius 3 is 2.44 bits per heavy atom. The fraction of sp³-hybridized carbons (Fsp3) is 0.417. The van der Waals surface area contributed by atoms with Crippen LogP contribution in [0.4, 0.5) is 0 Å². The van der Waals surface area contributed by atoms with Gasteiger partial charge in [-0.2, -0.15) is 5.10 Å². The lowest BCUT2D eigenvalue weighted by molar-refractivity contribution is 0.611. The van der Waals surface area contributed by atoms with Crippen LogP contribution in [-0.2, 0) is 13.5 Å². The molecule has 0 aliphatic rings. The van der Waals surface area contributed by atoms with E-state index in [2.05, 4.69) is 31.0 Å². The molecular weight excluding hydrogens is 294 g/mol. The van der Waals surface area contributed by atoms with Gasteiger partial charge in [0.15, 0.2) is 0 Å². The van der Waals surface area contributed by atoms with E-state index in [4.69, 9.17) is 5.73 Å². The normalized spacial score (nSPS) is 12.7. The Labute approximate surface area is 115 Å². The zero-order chi connectivity index (χ0) is 13.3. The molecule has 18 heavy (non-hydrogen) atoms. The molecule has 1 unspecified atom stereocenters. The number of hydrogen-bond acceptors (Lipinski definition) is 4. The van der Waals surface area contributed by atoms with Crippen LogP contribution in [-0.4, -0.2) is 19.7 Å². The van der Waals surface area contributed by atoms with Crippen molar-refractivity contribution in [2.75, 3.05) is 0 Å². The number of rotatable bonds is 3. The highest BCUT2D eigenvalue weighted by Crippen LogP contribution is 2.23. The lowest BCUT2D eigenvalue weighted by Crippen LogP contribution is -2.18. The minimum atomic E-state index is -0.225. The number of nitrogens with zero attached hydrogens (tertiary/aromatic N) is 4. The summed E-state index contributed by atoms with van der Waals surface area (Å²) in [4.78, 5) is 8.52. The van der Waals surface area contributed by atoms with Gasteiger partial charge in [0.25, 0.3) is 0 Å². The van der Waals surface area contributed by atoms with E-state index in [1.54, 1.807) is 12.4 Å². The molecule has 2 rings (SSSR count). The lowest BCUT2D eigenvalue weighted by atomic mass is 10.1. The first-order valence-electron chi connectivity index (χ1n) is 5.71. The second-order valence-electron chi connectivity index (χ2n) is 4.40. The van der Waals surface area contributed by atoms with Gasteiger partial charge in [-0.3, -0.25) is 4.68 Å². The Morgan fingerprint density at radius 1 is 1.33 bits per heavy atom. The number of hydrogen-bond donors (Lipinski definition) is 1. The van der Waals surface area contributed by atoms with E-state index < -0.39 is 0 Å². The van der Waals surface area contributed by atoms with Crippen molar-refractivity contribution < 1.29 is 0 Å². The molecule has 0 radical (unpaired) electrons. The average molecular weight is 310 g/mol. The van der Waals surface area contributed by atoms with Gasteiger partial charge in [0.2, 0.25) is 0 Å². The molecule has 0 fully saturated rings. The van der Waals surface area contributed by atoms with E-state index in [1.165, 1.54) is 0 Å². The summed E-state index contributed by atoms with van der Waals surface area (Å²) in [7, 11) is 1.91.